The third kappa shape index (κ3) is 3.34. The van der Waals surface area contributed by atoms with Crippen LogP contribution < -0.4 is 4.74 Å². The highest BCUT2D eigenvalue weighted by Gasteiger charge is 2.41. The molecule has 0 amide bonds. The van der Waals surface area contributed by atoms with E-state index in [1.807, 2.05) is 12.1 Å². The van der Waals surface area contributed by atoms with Gasteiger partial charge in [-0.25, -0.2) is 0 Å². The SMILES string of the molecule is CCCCCOc1ccc(C2C[C@@H]2C(C)=O)cc1. The van der Waals surface area contributed by atoms with E-state index in [1.165, 1.54) is 18.4 Å². The Bertz CT molecular complexity index is 394. The summed E-state index contributed by atoms with van der Waals surface area (Å²) in [6.45, 7) is 4.68. The number of Topliss-reactive ketones (excluding diaryl/α,β-unsaturated/α-hetero) is 1. The molecule has 2 nitrogen and oxygen atoms in total. The topological polar surface area (TPSA) is 26.3 Å². The molecule has 0 bridgehead atoms. The van der Waals surface area contributed by atoms with Crippen molar-refractivity contribution >= 4 is 5.78 Å². The molecule has 0 saturated heterocycles. The van der Waals surface area contributed by atoms with E-state index in [0.717, 1.165) is 25.2 Å². The Hall–Kier alpha value is -1.31. The van der Waals surface area contributed by atoms with Crippen LogP contribution in [0.25, 0.3) is 0 Å². The number of benzene rings is 1. The van der Waals surface area contributed by atoms with Crippen molar-refractivity contribution in [2.75, 3.05) is 6.61 Å². The Balaban J connectivity index is 1.81. The van der Waals surface area contributed by atoms with Crippen LogP contribution in [0.15, 0.2) is 24.3 Å². The van der Waals surface area contributed by atoms with E-state index in [2.05, 4.69) is 19.1 Å². The van der Waals surface area contributed by atoms with Crippen molar-refractivity contribution in [2.24, 2.45) is 5.92 Å². The Labute approximate surface area is 109 Å². The van der Waals surface area contributed by atoms with E-state index < -0.39 is 0 Å². The summed E-state index contributed by atoms with van der Waals surface area (Å²) < 4.78 is 5.67. The lowest BCUT2D eigenvalue weighted by molar-refractivity contribution is -0.118. The van der Waals surface area contributed by atoms with Crippen molar-refractivity contribution in [1.82, 2.24) is 0 Å². The van der Waals surface area contributed by atoms with E-state index >= 15 is 0 Å². The monoisotopic (exact) mass is 246 g/mol. The smallest absolute Gasteiger partial charge is 0.133 e. The molecule has 0 aliphatic heterocycles. The molecule has 2 atom stereocenters. The highest BCUT2D eigenvalue weighted by atomic mass is 16.5. The van der Waals surface area contributed by atoms with Gasteiger partial charge in [-0.2, -0.15) is 0 Å². The molecule has 1 aromatic carbocycles. The molecule has 0 radical (unpaired) electrons. The third-order valence-electron chi connectivity index (χ3n) is 3.64. The molecule has 2 heteroatoms. The zero-order valence-corrected chi connectivity index (χ0v) is 11.3. The molecule has 0 N–H and O–H groups in total. The maximum Gasteiger partial charge on any atom is 0.133 e. The first-order valence-corrected chi connectivity index (χ1v) is 6.95. The predicted octanol–water partition coefficient (Wildman–Crippen LogP) is 3.95. The molecule has 1 saturated carbocycles. The fourth-order valence-corrected chi connectivity index (χ4v) is 2.37. The largest absolute Gasteiger partial charge is 0.494 e. The maximum absolute atomic E-state index is 11.2. The van der Waals surface area contributed by atoms with Crippen LogP contribution in [0.2, 0.25) is 0 Å². The summed E-state index contributed by atoms with van der Waals surface area (Å²) in [6.07, 6.45) is 4.58. The second-order valence-electron chi connectivity index (χ2n) is 5.18. The van der Waals surface area contributed by atoms with Crippen molar-refractivity contribution in [3.8, 4) is 5.75 Å². The molecule has 1 aliphatic rings. The molecule has 1 fully saturated rings. The number of carbonyl (C=O) groups excluding carboxylic acids is 1. The summed E-state index contributed by atoms with van der Waals surface area (Å²) in [6, 6.07) is 8.25. The summed E-state index contributed by atoms with van der Waals surface area (Å²) in [4.78, 5) is 11.2. The molecule has 0 heterocycles. The van der Waals surface area contributed by atoms with E-state index in [4.69, 9.17) is 4.74 Å². The Morgan fingerprint density at radius 2 is 2.00 bits per heavy atom. The number of ketones is 1. The summed E-state index contributed by atoms with van der Waals surface area (Å²) >= 11 is 0. The van der Waals surface area contributed by atoms with Crippen molar-refractivity contribution in [2.45, 2.75) is 45.4 Å². The van der Waals surface area contributed by atoms with Gasteiger partial charge in [-0.1, -0.05) is 31.9 Å². The molecule has 98 valence electrons. The van der Waals surface area contributed by atoms with E-state index in [9.17, 15) is 4.79 Å². The van der Waals surface area contributed by atoms with E-state index in [1.54, 1.807) is 6.92 Å². The van der Waals surface area contributed by atoms with Crippen LogP contribution in [0, 0.1) is 5.92 Å². The lowest BCUT2D eigenvalue weighted by atomic mass is 10.1. The molecular weight excluding hydrogens is 224 g/mol. The van der Waals surface area contributed by atoms with Gasteiger partial charge in [-0.3, -0.25) is 4.79 Å². The summed E-state index contributed by atoms with van der Waals surface area (Å²) in [7, 11) is 0. The zero-order valence-electron chi connectivity index (χ0n) is 11.3. The molecule has 2 rings (SSSR count). The van der Waals surface area contributed by atoms with Crippen molar-refractivity contribution in [3.63, 3.8) is 0 Å². The summed E-state index contributed by atoms with van der Waals surface area (Å²) in [5.41, 5.74) is 1.27. The average Bonchev–Trinajstić information content (AvgIpc) is 3.16. The molecule has 1 aliphatic carbocycles. The lowest BCUT2D eigenvalue weighted by Gasteiger charge is -2.06. The Morgan fingerprint density at radius 3 is 2.56 bits per heavy atom. The maximum atomic E-state index is 11.2. The van der Waals surface area contributed by atoms with Gasteiger partial charge in [0.25, 0.3) is 0 Å². The number of hydrogen-bond donors (Lipinski definition) is 0. The van der Waals surface area contributed by atoms with Gasteiger partial charge in [-0.05, 0) is 43.4 Å². The molecule has 0 spiro atoms. The molecule has 0 aromatic heterocycles. The standard InChI is InChI=1S/C16H22O2/c1-3-4-5-10-18-14-8-6-13(7-9-14)16-11-15(16)12(2)17/h6-9,15-16H,3-5,10-11H2,1-2H3/t15-,16?/m1/s1. The highest BCUT2D eigenvalue weighted by Crippen LogP contribution is 2.48. The highest BCUT2D eigenvalue weighted by molar-refractivity contribution is 5.82. The zero-order chi connectivity index (χ0) is 13.0. The fourth-order valence-electron chi connectivity index (χ4n) is 2.37. The Kier molecular flexibility index (Phi) is 4.40. The third-order valence-corrected chi connectivity index (χ3v) is 3.64. The molecule has 18 heavy (non-hydrogen) atoms. The average molecular weight is 246 g/mol. The number of ether oxygens (including phenoxy) is 1. The number of hydrogen-bond acceptors (Lipinski definition) is 2. The minimum Gasteiger partial charge on any atom is -0.494 e. The van der Waals surface area contributed by atoms with Crippen molar-refractivity contribution in [3.05, 3.63) is 29.8 Å². The van der Waals surface area contributed by atoms with Crippen LogP contribution in [-0.4, -0.2) is 12.4 Å². The number of carbonyl (C=O) groups is 1. The van der Waals surface area contributed by atoms with Gasteiger partial charge in [0.2, 0.25) is 0 Å². The van der Waals surface area contributed by atoms with Crippen LogP contribution in [0.3, 0.4) is 0 Å². The minimum absolute atomic E-state index is 0.265. The van der Waals surface area contributed by atoms with Crippen LogP contribution in [-0.2, 0) is 4.79 Å². The predicted molar refractivity (Wildman–Crippen MR) is 73.0 cm³/mol. The van der Waals surface area contributed by atoms with Gasteiger partial charge in [0.1, 0.15) is 11.5 Å². The van der Waals surface area contributed by atoms with Crippen LogP contribution in [0.5, 0.6) is 5.75 Å². The van der Waals surface area contributed by atoms with Crippen molar-refractivity contribution in [1.29, 1.82) is 0 Å². The second-order valence-corrected chi connectivity index (χ2v) is 5.18. The first-order valence-electron chi connectivity index (χ1n) is 6.95. The first kappa shape index (κ1) is 13.1. The van der Waals surface area contributed by atoms with Crippen molar-refractivity contribution < 1.29 is 9.53 Å². The summed E-state index contributed by atoms with van der Waals surface area (Å²) in [5.74, 6) is 1.98. The fraction of sp³-hybridized carbons (Fsp3) is 0.562. The van der Waals surface area contributed by atoms with E-state index in [-0.39, 0.29) is 5.92 Å². The van der Waals surface area contributed by atoms with Gasteiger partial charge in [0.15, 0.2) is 0 Å². The van der Waals surface area contributed by atoms with E-state index in [0.29, 0.717) is 11.7 Å². The van der Waals surface area contributed by atoms with Crippen LogP contribution >= 0.6 is 0 Å². The minimum atomic E-state index is 0.265. The van der Waals surface area contributed by atoms with Gasteiger partial charge in [0, 0.05) is 5.92 Å². The Morgan fingerprint density at radius 1 is 1.28 bits per heavy atom. The molecule has 1 aromatic rings. The van der Waals surface area contributed by atoms with Gasteiger partial charge in [0.05, 0.1) is 6.61 Å². The second kappa shape index (κ2) is 6.03. The number of unbranched alkanes of at least 4 members (excludes halogenated alkanes) is 2. The quantitative estimate of drug-likeness (QED) is 0.681. The van der Waals surface area contributed by atoms with Gasteiger partial charge < -0.3 is 4.74 Å². The molecule has 1 unspecified atom stereocenters. The normalized spacial score (nSPS) is 21.7. The molecular formula is C16H22O2. The first-order chi connectivity index (χ1) is 8.72. The lowest BCUT2D eigenvalue weighted by Crippen LogP contribution is -1.97. The summed E-state index contributed by atoms with van der Waals surface area (Å²) in [5, 5.41) is 0. The number of rotatable bonds is 7. The van der Waals surface area contributed by atoms with Crippen LogP contribution in [0.4, 0.5) is 0 Å². The van der Waals surface area contributed by atoms with Crippen LogP contribution in [0.1, 0.15) is 51.0 Å². The van der Waals surface area contributed by atoms with Gasteiger partial charge in [-0.15, -0.1) is 0 Å². The van der Waals surface area contributed by atoms with Gasteiger partial charge >= 0.3 is 0 Å².